The Morgan fingerprint density at radius 3 is 2.44 bits per heavy atom. The van der Waals surface area contributed by atoms with Gasteiger partial charge in [-0.25, -0.2) is 0 Å². The molecule has 3 nitrogen and oxygen atoms in total. The third-order valence-electron chi connectivity index (χ3n) is 2.08. The second-order valence-electron chi connectivity index (χ2n) is 4.23. The molecule has 0 saturated carbocycles. The Balaban J connectivity index is 2.49. The van der Waals surface area contributed by atoms with Crippen molar-refractivity contribution in [2.45, 2.75) is 36.2 Å². The van der Waals surface area contributed by atoms with Gasteiger partial charge < -0.3 is 15.6 Å². The van der Waals surface area contributed by atoms with Crippen molar-refractivity contribution in [2.24, 2.45) is 5.73 Å². The second kappa shape index (κ2) is 5.95. The van der Waals surface area contributed by atoms with Gasteiger partial charge in [-0.2, -0.15) is 0 Å². The lowest BCUT2D eigenvalue weighted by atomic mass is 10.1. The molecule has 90 valence electrons. The van der Waals surface area contributed by atoms with E-state index >= 15 is 0 Å². The fourth-order valence-corrected chi connectivity index (χ4v) is 1.62. The topological polar surface area (TPSA) is 55.5 Å². The van der Waals surface area contributed by atoms with Crippen LogP contribution in [0.2, 0.25) is 0 Å². The summed E-state index contributed by atoms with van der Waals surface area (Å²) in [6.45, 7) is 3.76. The van der Waals surface area contributed by atoms with E-state index in [1.54, 1.807) is 0 Å². The van der Waals surface area contributed by atoms with Gasteiger partial charge >= 0.3 is 0 Å². The van der Waals surface area contributed by atoms with Crippen LogP contribution in [0.25, 0.3) is 0 Å². The minimum Gasteiger partial charge on any atom is -0.367 e. The fraction of sp³-hybridized carbons (Fsp3) is 0.500. The molecule has 0 saturated heterocycles. The quantitative estimate of drug-likeness (QED) is 0.492. The number of halogens is 1. The van der Waals surface area contributed by atoms with Gasteiger partial charge in [0, 0.05) is 0 Å². The van der Waals surface area contributed by atoms with Crippen molar-refractivity contribution in [2.75, 3.05) is 0 Å². The molecule has 0 spiro atoms. The van der Waals surface area contributed by atoms with Crippen molar-refractivity contribution in [1.82, 2.24) is 0 Å². The highest BCUT2D eigenvalue weighted by molar-refractivity contribution is 14.1. The Labute approximate surface area is 110 Å². The molecule has 1 aromatic rings. The van der Waals surface area contributed by atoms with Gasteiger partial charge in [-0.15, -0.1) is 0 Å². The summed E-state index contributed by atoms with van der Waals surface area (Å²) in [6, 6.07) is 9.44. The van der Waals surface area contributed by atoms with Crippen molar-refractivity contribution in [3.8, 4) is 0 Å². The molecule has 0 aliphatic heterocycles. The van der Waals surface area contributed by atoms with Gasteiger partial charge in [-0.1, -0.05) is 30.3 Å². The maximum atomic E-state index is 9.76. The average Bonchev–Trinajstić information content (AvgIpc) is 2.16. The molecule has 2 atom stereocenters. The van der Waals surface area contributed by atoms with E-state index in [1.807, 2.05) is 44.2 Å². The lowest BCUT2D eigenvalue weighted by Gasteiger charge is -2.26. The molecule has 0 aliphatic rings. The molecule has 1 unspecified atom stereocenters. The molecule has 4 heteroatoms. The number of nitrogens with two attached hydrogens (primary N) is 1. The maximum absolute atomic E-state index is 9.76. The first-order valence-electron chi connectivity index (χ1n) is 5.23. The minimum atomic E-state index is -0.938. The molecule has 0 aliphatic carbocycles. The van der Waals surface area contributed by atoms with Gasteiger partial charge in [0.2, 0.25) is 0 Å². The van der Waals surface area contributed by atoms with Gasteiger partial charge in [0.05, 0.1) is 6.04 Å². The average molecular weight is 335 g/mol. The predicted octanol–water partition coefficient (Wildman–Crippen LogP) is 2.06. The van der Waals surface area contributed by atoms with Crippen LogP contribution in [0.5, 0.6) is 0 Å². The molecule has 1 aromatic carbocycles. The molecule has 16 heavy (non-hydrogen) atoms. The second-order valence-corrected chi connectivity index (χ2v) is 6.82. The van der Waals surface area contributed by atoms with Crippen LogP contribution in [-0.2, 0) is 11.2 Å². The monoisotopic (exact) mass is 335 g/mol. The summed E-state index contributed by atoms with van der Waals surface area (Å²) in [7, 11) is 0. The van der Waals surface area contributed by atoms with Gasteiger partial charge in [-0.3, -0.25) is 0 Å². The highest BCUT2D eigenvalue weighted by Gasteiger charge is 2.23. The molecule has 0 fully saturated rings. The summed E-state index contributed by atoms with van der Waals surface area (Å²) < 4.78 is 4.98. The normalized spacial score (nSPS) is 15.8. The van der Waals surface area contributed by atoms with E-state index in [-0.39, 0.29) is 0 Å². The summed E-state index contributed by atoms with van der Waals surface area (Å²) in [5.41, 5.74) is 6.98. The largest absolute Gasteiger partial charge is 0.367 e. The lowest BCUT2D eigenvalue weighted by Crippen LogP contribution is -2.41. The zero-order valence-corrected chi connectivity index (χ0v) is 11.7. The van der Waals surface area contributed by atoms with Crippen LogP contribution in [0, 0.1) is 0 Å². The third kappa shape index (κ3) is 5.25. The van der Waals surface area contributed by atoms with Crippen LogP contribution in [0.15, 0.2) is 30.3 Å². The SMILES string of the molecule is CC(C)(I)OC(O)[C@H](N)Cc1ccccc1. The van der Waals surface area contributed by atoms with E-state index in [0.29, 0.717) is 6.42 Å². The zero-order chi connectivity index (χ0) is 12.2. The van der Waals surface area contributed by atoms with Crippen molar-refractivity contribution < 1.29 is 9.84 Å². The van der Waals surface area contributed by atoms with E-state index < -0.39 is 15.9 Å². The summed E-state index contributed by atoms with van der Waals surface area (Å²) in [5, 5.41) is 9.76. The molecule has 0 radical (unpaired) electrons. The molecule has 3 N–H and O–H groups in total. The Hall–Kier alpha value is -0.170. The van der Waals surface area contributed by atoms with E-state index in [9.17, 15) is 5.11 Å². The Morgan fingerprint density at radius 1 is 1.38 bits per heavy atom. The Bertz CT molecular complexity index is 311. The number of alkyl halides is 1. The van der Waals surface area contributed by atoms with E-state index in [2.05, 4.69) is 22.6 Å². The number of ether oxygens (including phenoxy) is 1. The van der Waals surface area contributed by atoms with Crippen LogP contribution in [0.3, 0.4) is 0 Å². The summed E-state index contributed by atoms with van der Waals surface area (Å²) >= 11 is 2.12. The number of aliphatic hydroxyl groups excluding tert-OH is 1. The molecule has 1 rings (SSSR count). The van der Waals surface area contributed by atoms with E-state index in [4.69, 9.17) is 10.5 Å². The number of hydrogen-bond acceptors (Lipinski definition) is 3. The Morgan fingerprint density at radius 2 is 1.94 bits per heavy atom. The summed E-state index contributed by atoms with van der Waals surface area (Å²) in [4.78, 5) is 0. The van der Waals surface area contributed by atoms with Gasteiger partial charge in [0.1, 0.15) is 3.61 Å². The first-order valence-corrected chi connectivity index (χ1v) is 6.30. The highest BCUT2D eigenvalue weighted by atomic mass is 127. The first-order chi connectivity index (χ1) is 7.38. The standard InChI is InChI=1S/C12H18INO2/c1-12(2,13)16-11(15)10(14)8-9-6-4-3-5-7-9/h3-7,10-11,15H,8,14H2,1-2H3/t10-,11?/m1/s1. The van der Waals surface area contributed by atoms with Crippen molar-refractivity contribution >= 4 is 22.6 Å². The van der Waals surface area contributed by atoms with Gasteiger partial charge in [0.15, 0.2) is 6.29 Å². The highest BCUT2D eigenvalue weighted by Crippen LogP contribution is 2.21. The van der Waals surface area contributed by atoms with Gasteiger partial charge in [-0.05, 0) is 48.4 Å². The number of benzene rings is 1. The molecular weight excluding hydrogens is 317 g/mol. The van der Waals surface area contributed by atoms with E-state index in [1.165, 1.54) is 0 Å². The summed E-state index contributed by atoms with van der Waals surface area (Å²) in [6.07, 6.45) is -0.332. The van der Waals surface area contributed by atoms with E-state index in [0.717, 1.165) is 5.56 Å². The zero-order valence-electron chi connectivity index (χ0n) is 9.56. The molecule has 0 bridgehead atoms. The molecular formula is C12H18INO2. The van der Waals surface area contributed by atoms with Crippen LogP contribution in [-0.4, -0.2) is 21.0 Å². The fourth-order valence-electron chi connectivity index (χ4n) is 1.36. The number of rotatable bonds is 5. The number of aliphatic hydroxyl groups is 1. The minimum absolute atomic E-state index is 0.406. The third-order valence-corrected chi connectivity index (χ3v) is 2.34. The van der Waals surface area contributed by atoms with Crippen molar-refractivity contribution in [1.29, 1.82) is 0 Å². The number of hydrogen-bond donors (Lipinski definition) is 2. The van der Waals surface area contributed by atoms with Crippen LogP contribution in [0.4, 0.5) is 0 Å². The molecule has 0 heterocycles. The molecule has 0 aromatic heterocycles. The maximum Gasteiger partial charge on any atom is 0.171 e. The first kappa shape index (κ1) is 13.9. The lowest BCUT2D eigenvalue weighted by molar-refractivity contribution is -0.143. The smallest absolute Gasteiger partial charge is 0.171 e. The summed E-state index contributed by atoms with van der Waals surface area (Å²) in [5.74, 6) is 0. The molecule has 0 amide bonds. The Kier molecular flexibility index (Phi) is 5.17. The van der Waals surface area contributed by atoms with Crippen LogP contribution < -0.4 is 5.73 Å². The predicted molar refractivity (Wildman–Crippen MR) is 73.3 cm³/mol. The van der Waals surface area contributed by atoms with Crippen molar-refractivity contribution in [3.63, 3.8) is 0 Å². The van der Waals surface area contributed by atoms with Crippen LogP contribution >= 0.6 is 22.6 Å². The van der Waals surface area contributed by atoms with Crippen LogP contribution in [0.1, 0.15) is 19.4 Å². The van der Waals surface area contributed by atoms with Crippen molar-refractivity contribution in [3.05, 3.63) is 35.9 Å². The van der Waals surface area contributed by atoms with Gasteiger partial charge in [0.25, 0.3) is 0 Å².